The third-order valence-corrected chi connectivity index (χ3v) is 4.23. The molecule has 2 heterocycles. The molecule has 1 aliphatic rings. The maximum Gasteiger partial charge on any atom is 0.215 e. The first-order chi connectivity index (χ1) is 10.9. The van der Waals surface area contributed by atoms with E-state index in [1.54, 1.807) is 6.20 Å². The molecule has 0 radical (unpaired) electrons. The lowest BCUT2D eigenvalue weighted by atomic mass is 10.3. The Bertz CT molecular complexity index is 768. The highest BCUT2D eigenvalue weighted by atomic mass is 32.2. The zero-order valence-electron chi connectivity index (χ0n) is 11.7. The number of rotatable bonds is 5. The molecule has 6 nitrogen and oxygen atoms in total. The van der Waals surface area contributed by atoms with Crippen LogP contribution in [0, 0.1) is 0 Å². The van der Waals surface area contributed by atoms with Gasteiger partial charge in [-0.05, 0) is 36.7 Å². The molecule has 0 spiro atoms. The van der Waals surface area contributed by atoms with E-state index >= 15 is 0 Å². The zero-order chi connectivity index (χ0) is 14.8. The largest absolute Gasteiger partial charge is 0.322 e. The number of aromatic nitrogens is 5. The van der Waals surface area contributed by atoms with Crippen LogP contribution in [0.1, 0.15) is 24.5 Å². The summed E-state index contributed by atoms with van der Waals surface area (Å²) >= 11 is 1.48. The number of nitrogens with one attached hydrogen (secondary N) is 2. The Morgan fingerprint density at radius 3 is 2.82 bits per heavy atom. The molecule has 0 atom stereocenters. The van der Waals surface area contributed by atoms with Crippen LogP contribution >= 0.6 is 11.8 Å². The van der Waals surface area contributed by atoms with Gasteiger partial charge in [-0.3, -0.25) is 5.10 Å². The van der Waals surface area contributed by atoms with Crippen LogP contribution in [0.3, 0.4) is 0 Å². The number of hydrogen-bond donors (Lipinski definition) is 2. The van der Waals surface area contributed by atoms with Gasteiger partial charge in [0, 0.05) is 22.6 Å². The first-order valence-electron chi connectivity index (χ1n) is 7.12. The van der Waals surface area contributed by atoms with Crippen LogP contribution in [0.25, 0.3) is 0 Å². The van der Waals surface area contributed by atoms with Crippen LogP contribution in [0.15, 0.2) is 52.6 Å². The van der Waals surface area contributed by atoms with Crippen molar-refractivity contribution in [3.8, 4) is 0 Å². The van der Waals surface area contributed by atoms with Gasteiger partial charge in [-0.15, -0.1) is 5.10 Å². The van der Waals surface area contributed by atoms with Crippen molar-refractivity contribution in [2.24, 2.45) is 0 Å². The van der Waals surface area contributed by atoms with Crippen molar-refractivity contribution in [1.29, 1.82) is 0 Å². The molecule has 110 valence electrons. The van der Waals surface area contributed by atoms with Crippen molar-refractivity contribution in [2.45, 2.75) is 28.8 Å². The Morgan fingerprint density at radius 2 is 2.00 bits per heavy atom. The molecule has 0 saturated heterocycles. The molecule has 0 amide bonds. The molecule has 0 bridgehead atoms. The monoisotopic (exact) mass is 310 g/mol. The standard InChI is InChI=1S/C15H14N6S/c1-2-4-11(5-3-1)22-15-18-14(9-16-21-15)17-13-8-12(19-20-13)10-6-7-10/h1-5,8-10H,6-7H2,(H2,17,18,19,20,21). The molecule has 0 unspecified atom stereocenters. The van der Waals surface area contributed by atoms with E-state index in [4.69, 9.17) is 0 Å². The Labute approximate surface area is 131 Å². The maximum absolute atomic E-state index is 4.46. The van der Waals surface area contributed by atoms with Gasteiger partial charge < -0.3 is 5.32 Å². The summed E-state index contributed by atoms with van der Waals surface area (Å²) in [5.41, 5.74) is 1.18. The molecule has 22 heavy (non-hydrogen) atoms. The maximum atomic E-state index is 4.46. The minimum Gasteiger partial charge on any atom is -0.322 e. The van der Waals surface area contributed by atoms with Crippen molar-refractivity contribution in [2.75, 3.05) is 5.32 Å². The van der Waals surface area contributed by atoms with Crippen LogP contribution in [-0.2, 0) is 0 Å². The summed E-state index contributed by atoms with van der Waals surface area (Å²) in [6.45, 7) is 0. The molecule has 4 rings (SSSR count). The molecule has 2 aromatic heterocycles. The van der Waals surface area contributed by atoms with E-state index in [-0.39, 0.29) is 0 Å². The quantitative estimate of drug-likeness (QED) is 0.752. The summed E-state index contributed by atoms with van der Waals surface area (Å²) in [6.07, 6.45) is 4.09. The van der Waals surface area contributed by atoms with Crippen LogP contribution < -0.4 is 5.32 Å². The lowest BCUT2D eigenvalue weighted by molar-refractivity contribution is 0.843. The molecular weight excluding hydrogens is 296 g/mol. The Morgan fingerprint density at radius 1 is 1.14 bits per heavy atom. The molecular formula is C15H14N6S. The van der Waals surface area contributed by atoms with Crippen LogP contribution in [-0.4, -0.2) is 25.4 Å². The van der Waals surface area contributed by atoms with E-state index in [2.05, 4.69) is 30.7 Å². The predicted molar refractivity (Wildman–Crippen MR) is 84.2 cm³/mol. The number of aromatic amines is 1. The summed E-state index contributed by atoms with van der Waals surface area (Å²) < 4.78 is 0. The summed E-state index contributed by atoms with van der Waals surface area (Å²) in [5.74, 6) is 2.05. The molecule has 7 heteroatoms. The predicted octanol–water partition coefficient (Wildman–Crippen LogP) is 3.37. The van der Waals surface area contributed by atoms with E-state index in [1.165, 1.54) is 30.3 Å². The number of H-pyrrole nitrogens is 1. The van der Waals surface area contributed by atoms with Gasteiger partial charge in [0.1, 0.15) is 0 Å². The Kier molecular flexibility index (Phi) is 3.48. The lowest BCUT2D eigenvalue weighted by Crippen LogP contribution is -1.98. The highest BCUT2D eigenvalue weighted by Crippen LogP contribution is 2.39. The van der Waals surface area contributed by atoms with Gasteiger partial charge in [0.15, 0.2) is 11.6 Å². The van der Waals surface area contributed by atoms with E-state index in [9.17, 15) is 0 Å². The Balaban J connectivity index is 1.48. The molecule has 1 saturated carbocycles. The number of benzene rings is 1. The van der Waals surface area contributed by atoms with Gasteiger partial charge in [0.2, 0.25) is 5.16 Å². The van der Waals surface area contributed by atoms with E-state index in [1.807, 2.05) is 36.4 Å². The van der Waals surface area contributed by atoms with Crippen molar-refractivity contribution in [1.82, 2.24) is 25.4 Å². The summed E-state index contributed by atoms with van der Waals surface area (Å²) in [6, 6.07) is 12.0. The smallest absolute Gasteiger partial charge is 0.215 e. The van der Waals surface area contributed by atoms with E-state index in [0.717, 1.165) is 10.7 Å². The van der Waals surface area contributed by atoms with Gasteiger partial charge in [-0.1, -0.05) is 18.2 Å². The SMILES string of the molecule is c1ccc(Sc2nncc(Nc3cc(C4CC4)[nH]n3)n2)cc1. The highest BCUT2D eigenvalue weighted by molar-refractivity contribution is 7.99. The van der Waals surface area contributed by atoms with E-state index < -0.39 is 0 Å². The van der Waals surface area contributed by atoms with Gasteiger partial charge in [-0.2, -0.15) is 10.2 Å². The second-order valence-corrected chi connectivity index (χ2v) is 6.19. The van der Waals surface area contributed by atoms with Crippen molar-refractivity contribution in [3.05, 3.63) is 48.3 Å². The topological polar surface area (TPSA) is 79.4 Å². The fourth-order valence-electron chi connectivity index (χ4n) is 2.12. The summed E-state index contributed by atoms with van der Waals surface area (Å²) in [5, 5.41) is 19.1. The van der Waals surface area contributed by atoms with Crippen molar-refractivity contribution in [3.63, 3.8) is 0 Å². The fourth-order valence-corrected chi connectivity index (χ4v) is 2.86. The fraction of sp³-hybridized carbons (Fsp3) is 0.200. The van der Waals surface area contributed by atoms with Gasteiger partial charge in [-0.25, -0.2) is 4.98 Å². The first-order valence-corrected chi connectivity index (χ1v) is 7.93. The zero-order valence-corrected chi connectivity index (χ0v) is 12.5. The minimum absolute atomic E-state index is 0.606. The molecule has 1 aliphatic carbocycles. The average molecular weight is 310 g/mol. The number of anilines is 2. The lowest BCUT2D eigenvalue weighted by Gasteiger charge is -2.03. The second kappa shape index (κ2) is 5.76. The van der Waals surface area contributed by atoms with E-state index in [0.29, 0.717) is 16.9 Å². The van der Waals surface area contributed by atoms with Crippen LogP contribution in [0.5, 0.6) is 0 Å². The molecule has 0 aliphatic heterocycles. The summed E-state index contributed by atoms with van der Waals surface area (Å²) in [7, 11) is 0. The second-order valence-electron chi connectivity index (χ2n) is 5.15. The third kappa shape index (κ3) is 3.09. The van der Waals surface area contributed by atoms with Gasteiger partial charge in [0.25, 0.3) is 0 Å². The third-order valence-electron chi connectivity index (χ3n) is 3.36. The normalized spacial score (nSPS) is 14.0. The van der Waals surface area contributed by atoms with Gasteiger partial charge in [0.05, 0.1) is 6.20 Å². The Hall–Kier alpha value is -2.41. The van der Waals surface area contributed by atoms with Crippen LogP contribution in [0.2, 0.25) is 0 Å². The van der Waals surface area contributed by atoms with Gasteiger partial charge >= 0.3 is 0 Å². The minimum atomic E-state index is 0.606. The highest BCUT2D eigenvalue weighted by Gasteiger charge is 2.25. The summed E-state index contributed by atoms with van der Waals surface area (Å²) in [4.78, 5) is 5.54. The van der Waals surface area contributed by atoms with Crippen LogP contribution in [0.4, 0.5) is 11.6 Å². The molecule has 2 N–H and O–H groups in total. The molecule has 1 fully saturated rings. The van der Waals surface area contributed by atoms with Crippen molar-refractivity contribution < 1.29 is 0 Å². The average Bonchev–Trinajstić information content (AvgIpc) is 3.29. The number of hydrogen-bond acceptors (Lipinski definition) is 6. The van der Waals surface area contributed by atoms with Crippen molar-refractivity contribution >= 4 is 23.4 Å². The molecule has 1 aromatic carbocycles. The number of nitrogens with zero attached hydrogens (tertiary/aromatic N) is 4. The first kappa shape index (κ1) is 13.3. The molecule has 3 aromatic rings.